The molecule has 2 aliphatic rings. The highest BCUT2D eigenvalue weighted by molar-refractivity contribution is 5.17. The Morgan fingerprint density at radius 1 is 1.19 bits per heavy atom. The van der Waals surface area contributed by atoms with E-state index >= 15 is 0 Å². The lowest BCUT2D eigenvalue weighted by molar-refractivity contribution is -0.185. The fourth-order valence-electron chi connectivity index (χ4n) is 2.85. The lowest BCUT2D eigenvalue weighted by Crippen LogP contribution is -2.38. The molecule has 0 spiro atoms. The van der Waals surface area contributed by atoms with Crippen LogP contribution in [0.2, 0.25) is 0 Å². The third-order valence-electron chi connectivity index (χ3n) is 4.41. The predicted octanol–water partition coefficient (Wildman–Crippen LogP) is 3.31. The summed E-state index contributed by atoms with van der Waals surface area (Å²) in [5.74, 6) is -0.214. The van der Waals surface area contributed by atoms with Crippen molar-refractivity contribution in [3.8, 4) is 0 Å². The van der Waals surface area contributed by atoms with Crippen molar-refractivity contribution in [3.05, 3.63) is 23.7 Å². The van der Waals surface area contributed by atoms with Gasteiger partial charge in [0, 0.05) is 18.2 Å². The quantitative estimate of drug-likeness (QED) is 0.904. The van der Waals surface area contributed by atoms with E-state index in [1.807, 2.05) is 6.07 Å². The number of piperidine rings is 1. The molecule has 0 radical (unpaired) electrons. The smallest absolute Gasteiger partial charge is 0.391 e. The summed E-state index contributed by atoms with van der Waals surface area (Å²) in [4.78, 5) is 2.09. The summed E-state index contributed by atoms with van der Waals surface area (Å²) < 4.78 is 43.4. The molecule has 1 saturated heterocycles. The topological polar surface area (TPSA) is 28.4 Å². The Labute approximate surface area is 122 Å². The summed E-state index contributed by atoms with van der Waals surface area (Å²) in [6.07, 6.45) is 0.485. The molecule has 1 aromatic heterocycles. The van der Waals surface area contributed by atoms with Crippen molar-refractivity contribution >= 4 is 0 Å². The molecule has 0 bridgehead atoms. The molecule has 6 heteroatoms. The van der Waals surface area contributed by atoms with E-state index in [2.05, 4.69) is 10.2 Å². The van der Waals surface area contributed by atoms with Crippen LogP contribution in [0.3, 0.4) is 0 Å². The van der Waals surface area contributed by atoms with Crippen LogP contribution < -0.4 is 5.32 Å². The van der Waals surface area contributed by atoms with Crippen LogP contribution in [0.25, 0.3) is 0 Å². The lowest BCUT2D eigenvalue weighted by Gasteiger charge is -2.32. The van der Waals surface area contributed by atoms with E-state index < -0.39 is 12.1 Å². The zero-order chi connectivity index (χ0) is 14.9. The van der Waals surface area contributed by atoms with E-state index in [4.69, 9.17) is 4.42 Å². The Balaban J connectivity index is 1.49. The van der Waals surface area contributed by atoms with Crippen molar-refractivity contribution in [1.29, 1.82) is 0 Å². The van der Waals surface area contributed by atoms with Crippen LogP contribution in [-0.4, -0.2) is 30.2 Å². The minimum Gasteiger partial charge on any atom is -0.468 e. The predicted molar refractivity (Wildman–Crippen MR) is 72.6 cm³/mol. The number of hydrogen-bond donors (Lipinski definition) is 1. The molecule has 1 N–H and O–H groups in total. The zero-order valence-electron chi connectivity index (χ0n) is 12.0. The number of halogens is 3. The summed E-state index contributed by atoms with van der Waals surface area (Å²) in [6.45, 7) is 2.41. The van der Waals surface area contributed by atoms with Gasteiger partial charge in [-0.1, -0.05) is 0 Å². The lowest BCUT2D eigenvalue weighted by atomic mass is 9.96. The molecular formula is C15H21F3N2O. The van der Waals surface area contributed by atoms with Crippen molar-refractivity contribution < 1.29 is 17.6 Å². The monoisotopic (exact) mass is 302 g/mol. The maximum absolute atomic E-state index is 12.6. The zero-order valence-corrected chi connectivity index (χ0v) is 12.0. The largest absolute Gasteiger partial charge is 0.468 e. The Morgan fingerprint density at radius 2 is 1.90 bits per heavy atom. The van der Waals surface area contributed by atoms with Gasteiger partial charge in [-0.25, -0.2) is 0 Å². The fraction of sp³-hybridized carbons (Fsp3) is 0.733. The Morgan fingerprint density at radius 3 is 2.52 bits per heavy atom. The second-order valence-electron chi connectivity index (χ2n) is 6.12. The average Bonchev–Trinajstić information content (AvgIpc) is 3.17. The minimum absolute atomic E-state index is 0.205. The Bertz CT molecular complexity index is 460. The fourth-order valence-corrected chi connectivity index (χ4v) is 2.85. The first-order chi connectivity index (χ1) is 10.0. The molecule has 0 unspecified atom stereocenters. The number of likely N-dealkylation sites (tertiary alicyclic amines) is 1. The molecule has 0 atom stereocenters. The molecule has 2 heterocycles. The molecule has 21 heavy (non-hydrogen) atoms. The molecular weight excluding hydrogens is 281 g/mol. The molecule has 2 fully saturated rings. The van der Waals surface area contributed by atoms with Crippen LogP contribution in [0.15, 0.2) is 16.7 Å². The second kappa shape index (κ2) is 6.01. The third kappa shape index (κ3) is 4.01. The van der Waals surface area contributed by atoms with Crippen LogP contribution in [0.5, 0.6) is 0 Å². The summed E-state index contributed by atoms with van der Waals surface area (Å²) in [7, 11) is 0. The van der Waals surface area contributed by atoms with Gasteiger partial charge in [0.1, 0.15) is 5.76 Å². The van der Waals surface area contributed by atoms with Crippen molar-refractivity contribution in [2.45, 2.75) is 51.0 Å². The second-order valence-corrected chi connectivity index (χ2v) is 6.12. The number of nitrogens with zero attached hydrogens (tertiary/aromatic N) is 1. The number of hydrogen-bond acceptors (Lipinski definition) is 3. The molecule has 118 valence electrons. The van der Waals surface area contributed by atoms with Crippen LogP contribution >= 0.6 is 0 Å². The maximum atomic E-state index is 12.6. The van der Waals surface area contributed by atoms with E-state index in [1.54, 1.807) is 6.26 Å². The molecule has 0 aromatic carbocycles. The van der Waals surface area contributed by atoms with Crippen molar-refractivity contribution in [3.63, 3.8) is 0 Å². The third-order valence-corrected chi connectivity index (χ3v) is 4.41. The molecule has 3 rings (SSSR count). The first-order valence-electron chi connectivity index (χ1n) is 7.60. The Hall–Kier alpha value is -1.01. The van der Waals surface area contributed by atoms with E-state index in [0.717, 1.165) is 11.3 Å². The molecule has 0 amide bonds. The van der Waals surface area contributed by atoms with Gasteiger partial charge in [0.05, 0.1) is 18.7 Å². The molecule has 1 aromatic rings. The van der Waals surface area contributed by atoms with Crippen LogP contribution in [-0.2, 0) is 13.1 Å². The highest BCUT2D eigenvalue weighted by Gasteiger charge is 2.41. The number of furan rings is 1. The number of rotatable bonds is 5. The average molecular weight is 302 g/mol. The molecule has 1 saturated carbocycles. The van der Waals surface area contributed by atoms with Gasteiger partial charge in [0.25, 0.3) is 0 Å². The Kier molecular flexibility index (Phi) is 4.26. The van der Waals surface area contributed by atoms with Crippen molar-refractivity contribution in [2.75, 3.05) is 13.1 Å². The van der Waals surface area contributed by atoms with Gasteiger partial charge in [-0.3, -0.25) is 4.90 Å². The van der Waals surface area contributed by atoms with Gasteiger partial charge in [-0.05, 0) is 44.8 Å². The number of nitrogens with one attached hydrogen (secondary N) is 1. The summed E-state index contributed by atoms with van der Waals surface area (Å²) in [6, 6.07) is 2.55. The van der Waals surface area contributed by atoms with Crippen molar-refractivity contribution in [2.24, 2.45) is 5.92 Å². The van der Waals surface area contributed by atoms with E-state index in [9.17, 15) is 13.2 Å². The van der Waals surface area contributed by atoms with Crippen molar-refractivity contribution in [1.82, 2.24) is 10.2 Å². The summed E-state index contributed by atoms with van der Waals surface area (Å²) >= 11 is 0. The highest BCUT2D eigenvalue weighted by Crippen LogP contribution is 2.34. The highest BCUT2D eigenvalue weighted by atomic mass is 19.4. The molecule has 1 aliphatic carbocycles. The van der Waals surface area contributed by atoms with Gasteiger partial charge in [0.15, 0.2) is 0 Å². The maximum Gasteiger partial charge on any atom is 0.391 e. The minimum atomic E-state index is -4.04. The van der Waals surface area contributed by atoms with Gasteiger partial charge in [-0.15, -0.1) is 0 Å². The van der Waals surface area contributed by atoms with Gasteiger partial charge >= 0.3 is 6.18 Å². The van der Waals surface area contributed by atoms with Gasteiger partial charge in [-0.2, -0.15) is 13.2 Å². The van der Waals surface area contributed by atoms with Crippen LogP contribution in [0.1, 0.15) is 37.0 Å². The SMILES string of the molecule is FC(F)(F)C1CCN(Cc2ccoc2CNC2CC2)CC1. The summed E-state index contributed by atoms with van der Waals surface area (Å²) in [5.41, 5.74) is 1.09. The normalized spacial score (nSPS) is 21.9. The summed E-state index contributed by atoms with van der Waals surface area (Å²) in [5, 5.41) is 3.40. The van der Waals surface area contributed by atoms with Gasteiger partial charge < -0.3 is 9.73 Å². The number of alkyl halides is 3. The van der Waals surface area contributed by atoms with Crippen LogP contribution in [0, 0.1) is 5.92 Å². The first-order valence-corrected chi connectivity index (χ1v) is 7.60. The first kappa shape index (κ1) is 14.9. The molecule has 1 aliphatic heterocycles. The van der Waals surface area contributed by atoms with Gasteiger partial charge in [0.2, 0.25) is 0 Å². The van der Waals surface area contributed by atoms with E-state index in [0.29, 0.717) is 32.2 Å². The van der Waals surface area contributed by atoms with Crippen LogP contribution in [0.4, 0.5) is 13.2 Å². The van der Waals surface area contributed by atoms with E-state index in [-0.39, 0.29) is 12.8 Å². The molecule has 3 nitrogen and oxygen atoms in total. The standard InChI is InChI=1S/C15H21F3N2O/c16-15(17,18)12-3-6-20(7-4-12)10-11-5-8-21-14(11)9-19-13-1-2-13/h5,8,12-13,19H,1-4,6-7,9-10H2. The van der Waals surface area contributed by atoms with E-state index in [1.165, 1.54) is 12.8 Å².